The molecule has 0 aromatic carbocycles. The van der Waals surface area contributed by atoms with Crippen molar-refractivity contribution in [3.05, 3.63) is 0 Å². The third-order valence-corrected chi connectivity index (χ3v) is 4.66. The Balaban J connectivity index is 1.92. The van der Waals surface area contributed by atoms with E-state index in [-0.39, 0.29) is 35.2 Å². The second kappa shape index (κ2) is 7.35. The molecule has 0 aromatic rings. The van der Waals surface area contributed by atoms with Crippen molar-refractivity contribution in [2.75, 3.05) is 6.54 Å². The standard InChI is InChI=1S/C17H27N5O3/c1-11-5-13(24)21-14(20-11)22-15(25)18-9-17(4)7-12(19-10-23)6-16(2,3)8-17/h12,14H,5-9H2,1-4H3,(H,21,24)(H2,18,22,25). The van der Waals surface area contributed by atoms with Crippen LogP contribution < -0.4 is 16.0 Å². The lowest BCUT2D eigenvalue weighted by Crippen LogP contribution is -2.54. The minimum Gasteiger partial charge on any atom is -0.338 e. The van der Waals surface area contributed by atoms with Gasteiger partial charge in [0, 0.05) is 12.3 Å². The largest absolute Gasteiger partial charge is 0.338 e. The maximum absolute atomic E-state index is 12.1. The van der Waals surface area contributed by atoms with Crippen LogP contribution in [0.25, 0.3) is 0 Å². The summed E-state index contributed by atoms with van der Waals surface area (Å²) in [5.74, 6) is -0.159. The van der Waals surface area contributed by atoms with Crippen molar-refractivity contribution in [2.24, 2.45) is 20.8 Å². The van der Waals surface area contributed by atoms with Crippen molar-refractivity contribution in [1.82, 2.24) is 16.0 Å². The molecule has 1 aliphatic carbocycles. The van der Waals surface area contributed by atoms with Crippen LogP contribution in [0.5, 0.6) is 0 Å². The molecule has 0 bridgehead atoms. The Morgan fingerprint density at radius 1 is 1.40 bits per heavy atom. The average molecular weight is 349 g/mol. The summed E-state index contributed by atoms with van der Waals surface area (Å²) < 4.78 is 0. The SMILES string of the molecule is CC1=NC(NC(=O)NCC2(C)CC(N=C=O)CC(C)(C)C2)NC(=O)C1. The van der Waals surface area contributed by atoms with Crippen molar-refractivity contribution in [1.29, 1.82) is 0 Å². The number of amides is 3. The fourth-order valence-corrected chi connectivity index (χ4v) is 4.15. The highest BCUT2D eigenvalue weighted by molar-refractivity contribution is 6.01. The van der Waals surface area contributed by atoms with Gasteiger partial charge in [-0.15, -0.1) is 0 Å². The topological polar surface area (TPSA) is 112 Å². The summed E-state index contributed by atoms with van der Waals surface area (Å²) in [6.45, 7) is 8.59. The molecule has 0 saturated heterocycles. The van der Waals surface area contributed by atoms with Gasteiger partial charge in [-0.3, -0.25) is 10.1 Å². The Hall–Kier alpha value is -2.21. The number of aliphatic imine (C=N–C) groups is 2. The van der Waals surface area contributed by atoms with Gasteiger partial charge in [-0.1, -0.05) is 20.8 Å². The second-order valence-electron chi connectivity index (χ2n) is 8.27. The number of nitrogens with zero attached hydrogens (tertiary/aromatic N) is 2. The van der Waals surface area contributed by atoms with Crippen molar-refractivity contribution >= 4 is 23.7 Å². The Labute approximate surface area is 147 Å². The zero-order valence-corrected chi connectivity index (χ0v) is 15.3. The van der Waals surface area contributed by atoms with Gasteiger partial charge < -0.3 is 10.6 Å². The van der Waals surface area contributed by atoms with Gasteiger partial charge in [-0.05, 0) is 37.0 Å². The molecular weight excluding hydrogens is 322 g/mol. The van der Waals surface area contributed by atoms with Crippen molar-refractivity contribution in [2.45, 2.75) is 65.7 Å². The first-order chi connectivity index (χ1) is 11.6. The lowest BCUT2D eigenvalue weighted by molar-refractivity contribution is -0.121. The van der Waals surface area contributed by atoms with Gasteiger partial charge in [0.2, 0.25) is 12.0 Å². The van der Waals surface area contributed by atoms with E-state index >= 15 is 0 Å². The Bertz CT molecular complexity index is 624. The van der Waals surface area contributed by atoms with Gasteiger partial charge in [0.15, 0.2) is 6.29 Å². The normalized spacial score (nSPS) is 31.2. The van der Waals surface area contributed by atoms with E-state index in [4.69, 9.17) is 0 Å². The van der Waals surface area contributed by atoms with Crippen molar-refractivity contribution in [3.63, 3.8) is 0 Å². The molecule has 2 rings (SSSR count). The number of nitrogens with one attached hydrogen (secondary N) is 3. The van der Waals surface area contributed by atoms with Crippen molar-refractivity contribution in [3.8, 4) is 0 Å². The Kier molecular flexibility index (Phi) is 5.62. The van der Waals surface area contributed by atoms with Crippen LogP contribution in [0.15, 0.2) is 9.98 Å². The second-order valence-corrected chi connectivity index (χ2v) is 8.27. The molecule has 3 unspecified atom stereocenters. The van der Waals surface area contributed by atoms with E-state index in [2.05, 4.69) is 46.7 Å². The number of carbonyl (C=O) groups excluding carboxylic acids is 3. The number of hydrogen-bond acceptors (Lipinski definition) is 5. The smallest absolute Gasteiger partial charge is 0.317 e. The first-order valence-corrected chi connectivity index (χ1v) is 8.55. The summed E-state index contributed by atoms with van der Waals surface area (Å²) in [6.07, 6.45) is 3.67. The van der Waals surface area contributed by atoms with Crippen LogP contribution in [-0.2, 0) is 9.59 Å². The summed E-state index contributed by atoms with van der Waals surface area (Å²) in [5.41, 5.74) is 0.554. The van der Waals surface area contributed by atoms with E-state index < -0.39 is 6.29 Å². The Morgan fingerprint density at radius 2 is 2.12 bits per heavy atom. The monoisotopic (exact) mass is 349 g/mol. The number of carbonyl (C=O) groups is 2. The fourth-order valence-electron chi connectivity index (χ4n) is 4.15. The lowest BCUT2D eigenvalue weighted by Gasteiger charge is -2.45. The lowest BCUT2D eigenvalue weighted by atomic mass is 9.63. The zero-order chi connectivity index (χ0) is 18.7. The molecule has 0 radical (unpaired) electrons. The van der Waals surface area contributed by atoms with Crippen LogP contribution in [0.4, 0.5) is 4.79 Å². The quantitative estimate of drug-likeness (QED) is 0.528. The number of urea groups is 1. The molecule has 3 amide bonds. The first kappa shape index (κ1) is 19.1. The summed E-state index contributed by atoms with van der Waals surface area (Å²) in [7, 11) is 0. The fraction of sp³-hybridized carbons (Fsp3) is 0.765. The molecule has 0 spiro atoms. The predicted octanol–water partition coefficient (Wildman–Crippen LogP) is 1.47. The molecule has 3 N–H and O–H groups in total. The van der Waals surface area contributed by atoms with Crippen LogP contribution in [0.3, 0.4) is 0 Å². The molecule has 2 aliphatic rings. The zero-order valence-electron chi connectivity index (χ0n) is 15.3. The molecule has 1 aliphatic heterocycles. The molecule has 25 heavy (non-hydrogen) atoms. The van der Waals surface area contributed by atoms with Crippen LogP contribution in [0.1, 0.15) is 53.4 Å². The average Bonchev–Trinajstić information content (AvgIpc) is 2.42. The number of rotatable bonds is 4. The predicted molar refractivity (Wildman–Crippen MR) is 93.8 cm³/mol. The summed E-state index contributed by atoms with van der Waals surface area (Å²) in [4.78, 5) is 42.4. The molecule has 8 heteroatoms. The highest BCUT2D eigenvalue weighted by atomic mass is 16.2. The molecule has 138 valence electrons. The molecular formula is C17H27N5O3. The highest BCUT2D eigenvalue weighted by Crippen LogP contribution is 2.46. The molecule has 1 fully saturated rings. The molecule has 1 saturated carbocycles. The van der Waals surface area contributed by atoms with Crippen molar-refractivity contribution < 1.29 is 14.4 Å². The van der Waals surface area contributed by atoms with E-state index in [1.165, 1.54) is 0 Å². The van der Waals surface area contributed by atoms with Crippen LogP contribution >= 0.6 is 0 Å². The van der Waals surface area contributed by atoms with Crippen LogP contribution in [-0.4, -0.2) is 42.6 Å². The van der Waals surface area contributed by atoms with Gasteiger partial charge in [0.1, 0.15) is 0 Å². The van der Waals surface area contributed by atoms with Crippen LogP contribution in [0.2, 0.25) is 0 Å². The maximum Gasteiger partial charge on any atom is 0.317 e. The number of isocyanates is 1. The van der Waals surface area contributed by atoms with Gasteiger partial charge in [0.05, 0.1) is 12.5 Å². The molecule has 8 nitrogen and oxygen atoms in total. The molecule has 0 aromatic heterocycles. The van der Waals surface area contributed by atoms with E-state index in [1.807, 2.05) is 0 Å². The third kappa shape index (κ3) is 5.67. The highest BCUT2D eigenvalue weighted by Gasteiger charge is 2.41. The minimum absolute atomic E-state index is 0.0366. The minimum atomic E-state index is -0.732. The van der Waals surface area contributed by atoms with Gasteiger partial charge in [-0.25, -0.2) is 19.6 Å². The first-order valence-electron chi connectivity index (χ1n) is 8.55. The number of hydrogen-bond donors (Lipinski definition) is 3. The summed E-state index contributed by atoms with van der Waals surface area (Å²) in [6, 6.07) is -0.454. The van der Waals surface area contributed by atoms with Crippen LogP contribution in [0, 0.1) is 10.8 Å². The van der Waals surface area contributed by atoms with E-state index in [0.29, 0.717) is 12.3 Å². The van der Waals surface area contributed by atoms with E-state index in [1.54, 1.807) is 13.0 Å². The Morgan fingerprint density at radius 3 is 2.76 bits per heavy atom. The molecule has 1 heterocycles. The third-order valence-electron chi connectivity index (χ3n) is 4.66. The van der Waals surface area contributed by atoms with Gasteiger partial charge >= 0.3 is 6.03 Å². The molecule has 3 atom stereocenters. The van der Waals surface area contributed by atoms with E-state index in [9.17, 15) is 14.4 Å². The van der Waals surface area contributed by atoms with Gasteiger partial charge in [-0.2, -0.15) is 0 Å². The maximum atomic E-state index is 12.1. The van der Waals surface area contributed by atoms with Gasteiger partial charge in [0.25, 0.3) is 0 Å². The summed E-state index contributed by atoms with van der Waals surface area (Å²) in [5, 5.41) is 8.10. The summed E-state index contributed by atoms with van der Waals surface area (Å²) >= 11 is 0. The van der Waals surface area contributed by atoms with E-state index in [0.717, 1.165) is 19.3 Å².